The number of carbonyl (C=O) groups excluding carboxylic acids is 1. The van der Waals surface area contributed by atoms with Crippen LogP contribution < -0.4 is 15.5 Å². The minimum atomic E-state index is -4.08. The molecule has 1 aliphatic carbocycles. The van der Waals surface area contributed by atoms with Crippen LogP contribution in [0.2, 0.25) is 5.02 Å². The molecule has 7 nitrogen and oxygen atoms in total. The number of hydrogen-bond acceptors (Lipinski definition) is 4. The number of benzene rings is 2. The van der Waals surface area contributed by atoms with Crippen molar-refractivity contribution in [3.05, 3.63) is 74.8 Å². The molecule has 1 saturated carbocycles. The standard InChI is InChI=1S/C24H25ClFN3O4S/c25-17-8-6-16(7-9-17)12-28-24(31)20-14-27-22-19(23(20)30)10-18(26)11-21(22)34(32,33)29-13-15-4-2-1-3-5-15/h6-11,14-15,29H,1-5,12-13H2,(H,27,30)(H,28,31). The Hall–Kier alpha value is -2.75. The second-order valence-electron chi connectivity index (χ2n) is 8.52. The highest BCUT2D eigenvalue weighted by atomic mass is 35.5. The van der Waals surface area contributed by atoms with Gasteiger partial charge in [0.05, 0.1) is 10.9 Å². The van der Waals surface area contributed by atoms with Crippen LogP contribution >= 0.6 is 11.6 Å². The average Bonchev–Trinajstić information content (AvgIpc) is 2.83. The number of sulfonamides is 1. The summed E-state index contributed by atoms with van der Waals surface area (Å²) in [6, 6.07) is 8.64. The van der Waals surface area contributed by atoms with Crippen LogP contribution in [0.3, 0.4) is 0 Å². The minimum Gasteiger partial charge on any atom is -0.359 e. The third-order valence-corrected chi connectivity index (χ3v) is 7.80. The molecule has 0 saturated heterocycles. The van der Waals surface area contributed by atoms with Crippen molar-refractivity contribution in [1.29, 1.82) is 0 Å². The number of hydrogen-bond donors (Lipinski definition) is 3. The molecule has 1 aliphatic rings. The van der Waals surface area contributed by atoms with Crippen LogP contribution in [0, 0.1) is 11.7 Å². The van der Waals surface area contributed by atoms with Crippen LogP contribution in [0.4, 0.5) is 4.39 Å². The van der Waals surface area contributed by atoms with Crippen molar-refractivity contribution in [2.45, 2.75) is 43.5 Å². The van der Waals surface area contributed by atoms with Gasteiger partial charge in [0, 0.05) is 24.3 Å². The van der Waals surface area contributed by atoms with Gasteiger partial charge in [0.15, 0.2) is 0 Å². The number of halogens is 2. The molecule has 0 unspecified atom stereocenters. The number of rotatable bonds is 7. The summed E-state index contributed by atoms with van der Waals surface area (Å²) in [7, 11) is -4.08. The lowest BCUT2D eigenvalue weighted by Gasteiger charge is -2.21. The van der Waals surface area contributed by atoms with E-state index in [0.717, 1.165) is 56.0 Å². The Morgan fingerprint density at radius 1 is 1.12 bits per heavy atom. The van der Waals surface area contributed by atoms with Gasteiger partial charge in [-0.1, -0.05) is 43.0 Å². The fourth-order valence-corrected chi connectivity index (χ4v) is 5.66. The zero-order valence-electron chi connectivity index (χ0n) is 18.4. The lowest BCUT2D eigenvalue weighted by molar-refractivity contribution is 0.0949. The first-order valence-corrected chi connectivity index (χ1v) is 13.0. The molecule has 0 spiro atoms. The molecule has 1 heterocycles. The Morgan fingerprint density at radius 3 is 2.53 bits per heavy atom. The van der Waals surface area contributed by atoms with Crippen molar-refractivity contribution >= 4 is 38.4 Å². The van der Waals surface area contributed by atoms with Gasteiger partial charge in [0.25, 0.3) is 5.91 Å². The molecule has 180 valence electrons. The van der Waals surface area contributed by atoms with Crippen molar-refractivity contribution in [1.82, 2.24) is 15.0 Å². The third kappa shape index (κ3) is 5.48. The maximum absolute atomic E-state index is 14.4. The molecule has 1 aromatic heterocycles. The Balaban J connectivity index is 1.59. The summed E-state index contributed by atoms with van der Waals surface area (Å²) >= 11 is 5.85. The zero-order valence-corrected chi connectivity index (χ0v) is 19.9. The first-order valence-electron chi connectivity index (χ1n) is 11.1. The van der Waals surface area contributed by atoms with Crippen molar-refractivity contribution in [2.75, 3.05) is 6.54 Å². The van der Waals surface area contributed by atoms with Gasteiger partial charge < -0.3 is 10.3 Å². The van der Waals surface area contributed by atoms with E-state index in [2.05, 4.69) is 15.0 Å². The number of nitrogens with one attached hydrogen (secondary N) is 3. The van der Waals surface area contributed by atoms with Crippen molar-refractivity contribution < 1.29 is 17.6 Å². The van der Waals surface area contributed by atoms with E-state index >= 15 is 0 Å². The van der Waals surface area contributed by atoms with Crippen LogP contribution in [-0.2, 0) is 16.6 Å². The fraction of sp³-hybridized carbons (Fsp3) is 0.333. The molecule has 10 heteroatoms. The number of pyridine rings is 1. The summed E-state index contributed by atoms with van der Waals surface area (Å²) in [5.74, 6) is -1.31. The van der Waals surface area contributed by atoms with Crippen LogP contribution in [0.25, 0.3) is 10.9 Å². The smallest absolute Gasteiger partial charge is 0.257 e. The zero-order chi connectivity index (χ0) is 24.3. The van der Waals surface area contributed by atoms with Crippen molar-refractivity contribution in [3.63, 3.8) is 0 Å². The normalized spacial score (nSPS) is 14.9. The number of fused-ring (bicyclic) bond motifs is 1. The maximum atomic E-state index is 14.4. The van der Waals surface area contributed by atoms with E-state index in [-0.39, 0.29) is 40.4 Å². The summed E-state index contributed by atoms with van der Waals surface area (Å²) < 4.78 is 42.9. The Kier molecular flexibility index (Phi) is 7.35. The highest BCUT2D eigenvalue weighted by Gasteiger charge is 2.24. The SMILES string of the molecule is O=C(NCc1ccc(Cl)cc1)c1c[nH]c2c(S(=O)(=O)NCC3CCCCC3)cc(F)cc2c1=O. The molecule has 2 aromatic carbocycles. The number of H-pyrrole nitrogens is 1. The van der Waals surface area contributed by atoms with Crippen LogP contribution in [0.1, 0.15) is 48.0 Å². The Bertz CT molecular complexity index is 1370. The van der Waals surface area contributed by atoms with Gasteiger partial charge in [-0.25, -0.2) is 17.5 Å². The summed E-state index contributed by atoms with van der Waals surface area (Å²) in [6.07, 6.45) is 6.31. The quantitative estimate of drug-likeness (QED) is 0.449. The molecule has 1 amide bonds. The molecule has 0 bridgehead atoms. The number of aromatic amines is 1. The molecule has 3 aromatic rings. The summed E-state index contributed by atoms with van der Waals surface area (Å²) in [5, 5.41) is 2.98. The molecule has 4 rings (SSSR count). The monoisotopic (exact) mass is 505 g/mol. The molecule has 1 fully saturated rings. The van der Waals surface area contributed by atoms with Crippen LogP contribution in [-0.4, -0.2) is 25.9 Å². The summed E-state index contributed by atoms with van der Waals surface area (Å²) in [6.45, 7) is 0.414. The van der Waals surface area contributed by atoms with Crippen molar-refractivity contribution in [2.24, 2.45) is 5.92 Å². The Labute approximate surface area is 201 Å². The predicted molar refractivity (Wildman–Crippen MR) is 129 cm³/mol. The molecule has 0 radical (unpaired) electrons. The summed E-state index contributed by atoms with van der Waals surface area (Å²) in [5.41, 5.74) is -0.272. The van der Waals surface area contributed by atoms with Gasteiger partial charge in [-0.2, -0.15) is 0 Å². The molecule has 0 aliphatic heterocycles. The maximum Gasteiger partial charge on any atom is 0.257 e. The van der Waals surface area contributed by atoms with Gasteiger partial charge in [0.2, 0.25) is 15.5 Å². The van der Waals surface area contributed by atoms with E-state index in [1.807, 2.05) is 0 Å². The van der Waals surface area contributed by atoms with Crippen molar-refractivity contribution in [3.8, 4) is 0 Å². The Morgan fingerprint density at radius 2 is 1.82 bits per heavy atom. The lowest BCUT2D eigenvalue weighted by atomic mass is 9.90. The fourth-order valence-electron chi connectivity index (χ4n) is 4.22. The van der Waals surface area contributed by atoms with Gasteiger partial charge in [-0.05, 0) is 48.6 Å². The van der Waals surface area contributed by atoms with Gasteiger partial charge in [-0.15, -0.1) is 0 Å². The molecule has 34 heavy (non-hydrogen) atoms. The van der Waals surface area contributed by atoms with E-state index in [9.17, 15) is 22.4 Å². The van der Waals surface area contributed by atoms with E-state index < -0.39 is 27.2 Å². The average molecular weight is 506 g/mol. The molecular formula is C24H25ClFN3O4S. The molecule has 0 atom stereocenters. The van der Waals surface area contributed by atoms with Gasteiger partial charge in [0.1, 0.15) is 16.3 Å². The summed E-state index contributed by atoms with van der Waals surface area (Å²) in [4.78, 5) is 28.0. The topological polar surface area (TPSA) is 108 Å². The molecule has 3 N–H and O–H groups in total. The second kappa shape index (κ2) is 10.2. The van der Waals surface area contributed by atoms with E-state index in [0.29, 0.717) is 5.02 Å². The largest absolute Gasteiger partial charge is 0.359 e. The predicted octanol–water partition coefficient (Wildman–Crippen LogP) is 4.11. The highest BCUT2D eigenvalue weighted by molar-refractivity contribution is 7.89. The van der Waals surface area contributed by atoms with Crippen LogP contribution in [0.5, 0.6) is 0 Å². The minimum absolute atomic E-state index is 0.0446. The lowest BCUT2D eigenvalue weighted by Crippen LogP contribution is -2.31. The third-order valence-electron chi connectivity index (χ3n) is 6.10. The van der Waals surface area contributed by atoms with E-state index in [4.69, 9.17) is 11.6 Å². The highest BCUT2D eigenvalue weighted by Crippen LogP contribution is 2.25. The van der Waals surface area contributed by atoms with Crippen LogP contribution in [0.15, 0.2) is 52.3 Å². The number of aromatic nitrogens is 1. The first-order chi connectivity index (χ1) is 16.2. The van der Waals surface area contributed by atoms with E-state index in [1.54, 1.807) is 24.3 Å². The van der Waals surface area contributed by atoms with E-state index in [1.165, 1.54) is 0 Å². The van der Waals surface area contributed by atoms with Gasteiger partial charge >= 0.3 is 0 Å². The first kappa shape index (κ1) is 24.4. The molecular weight excluding hydrogens is 481 g/mol. The number of carbonyl (C=O) groups is 1. The van der Waals surface area contributed by atoms with Gasteiger partial charge in [-0.3, -0.25) is 9.59 Å². The number of amides is 1. The second-order valence-corrected chi connectivity index (χ2v) is 10.7.